The van der Waals surface area contributed by atoms with Crippen molar-refractivity contribution >= 4 is 45.5 Å². The Hall–Kier alpha value is -4.18. The summed E-state index contributed by atoms with van der Waals surface area (Å²) in [5.74, 6) is -1.13. The summed E-state index contributed by atoms with van der Waals surface area (Å²) in [4.78, 5) is 38.2. The molecule has 8 nitrogen and oxygen atoms in total. The van der Waals surface area contributed by atoms with Crippen LogP contribution in [0.3, 0.4) is 0 Å². The van der Waals surface area contributed by atoms with Crippen LogP contribution in [0.2, 0.25) is 0 Å². The zero-order valence-corrected chi connectivity index (χ0v) is 20.7. The van der Waals surface area contributed by atoms with Gasteiger partial charge in [0.15, 0.2) is 11.5 Å². The van der Waals surface area contributed by atoms with Gasteiger partial charge in [-0.05, 0) is 57.4 Å². The van der Waals surface area contributed by atoms with Crippen molar-refractivity contribution in [2.75, 3.05) is 19.0 Å². The SMILES string of the molecule is COc1cc(/C=C2/NC(=O)N(CC(=O)Nc3ccccc3F)C2=O)cc(Br)c1OCc1ccccc1. The van der Waals surface area contributed by atoms with Gasteiger partial charge in [0.2, 0.25) is 5.91 Å². The number of rotatable bonds is 8. The topological polar surface area (TPSA) is 97.0 Å². The van der Waals surface area contributed by atoms with Gasteiger partial charge in [0.1, 0.15) is 24.7 Å². The summed E-state index contributed by atoms with van der Waals surface area (Å²) in [5.41, 5.74) is 1.46. The Balaban J connectivity index is 1.47. The van der Waals surface area contributed by atoms with Crippen molar-refractivity contribution in [3.63, 3.8) is 0 Å². The van der Waals surface area contributed by atoms with Crippen LogP contribution in [0.5, 0.6) is 11.5 Å². The van der Waals surface area contributed by atoms with Gasteiger partial charge in [-0.15, -0.1) is 0 Å². The fraction of sp³-hybridized carbons (Fsp3) is 0.115. The molecule has 4 amide bonds. The molecule has 1 saturated heterocycles. The summed E-state index contributed by atoms with van der Waals surface area (Å²) in [6.07, 6.45) is 1.46. The Morgan fingerprint density at radius 3 is 2.56 bits per heavy atom. The summed E-state index contributed by atoms with van der Waals surface area (Å²) in [6, 6.07) is 17.8. The predicted molar refractivity (Wildman–Crippen MR) is 135 cm³/mol. The molecule has 10 heteroatoms. The lowest BCUT2D eigenvalue weighted by atomic mass is 10.1. The number of ether oxygens (including phenoxy) is 2. The van der Waals surface area contributed by atoms with Crippen LogP contribution >= 0.6 is 15.9 Å². The number of nitrogens with one attached hydrogen (secondary N) is 2. The molecular formula is C26H21BrFN3O5. The lowest BCUT2D eigenvalue weighted by Crippen LogP contribution is -2.38. The molecule has 0 spiro atoms. The van der Waals surface area contributed by atoms with E-state index in [0.717, 1.165) is 10.5 Å². The lowest BCUT2D eigenvalue weighted by molar-refractivity contribution is -0.127. The highest BCUT2D eigenvalue weighted by atomic mass is 79.9. The third-order valence-corrected chi connectivity index (χ3v) is 5.79. The molecule has 0 aliphatic carbocycles. The van der Waals surface area contributed by atoms with E-state index in [0.29, 0.717) is 28.1 Å². The van der Waals surface area contributed by atoms with Gasteiger partial charge in [0.05, 0.1) is 17.3 Å². The summed E-state index contributed by atoms with van der Waals surface area (Å²) >= 11 is 3.47. The fourth-order valence-electron chi connectivity index (χ4n) is 3.47. The highest BCUT2D eigenvalue weighted by Gasteiger charge is 2.35. The molecule has 0 aromatic heterocycles. The second-order valence-corrected chi connectivity index (χ2v) is 8.57. The molecule has 0 radical (unpaired) electrons. The van der Waals surface area contributed by atoms with Crippen LogP contribution in [0.15, 0.2) is 76.9 Å². The number of nitrogens with zero attached hydrogens (tertiary/aromatic N) is 1. The smallest absolute Gasteiger partial charge is 0.329 e. The van der Waals surface area contributed by atoms with Gasteiger partial charge in [-0.25, -0.2) is 14.1 Å². The molecule has 0 bridgehead atoms. The Morgan fingerprint density at radius 2 is 1.83 bits per heavy atom. The number of urea groups is 1. The van der Waals surface area contributed by atoms with Crippen molar-refractivity contribution < 1.29 is 28.2 Å². The van der Waals surface area contributed by atoms with Crippen molar-refractivity contribution in [1.82, 2.24) is 10.2 Å². The Labute approximate surface area is 214 Å². The summed E-state index contributed by atoms with van der Waals surface area (Å²) in [7, 11) is 1.49. The molecule has 0 atom stereocenters. The number of amides is 4. The van der Waals surface area contributed by atoms with Crippen LogP contribution in [0.25, 0.3) is 6.08 Å². The Kier molecular flexibility index (Phi) is 7.65. The molecule has 1 heterocycles. The number of hydrogen-bond donors (Lipinski definition) is 2. The number of benzene rings is 3. The van der Waals surface area contributed by atoms with Gasteiger partial charge in [-0.3, -0.25) is 9.59 Å². The third kappa shape index (κ3) is 5.72. The standard InChI is InChI=1S/C26H21BrFN3O5/c1-35-22-13-17(11-18(27)24(22)36-15-16-7-3-2-4-8-16)12-21-25(33)31(26(34)30-21)14-23(32)29-20-10-6-5-9-19(20)28/h2-13H,14-15H2,1H3,(H,29,32)(H,30,34)/b21-12+. The third-order valence-electron chi connectivity index (χ3n) is 5.20. The van der Waals surface area contributed by atoms with Crippen LogP contribution < -0.4 is 20.1 Å². The summed E-state index contributed by atoms with van der Waals surface area (Å²) in [5, 5.41) is 4.81. The van der Waals surface area contributed by atoms with Gasteiger partial charge in [0, 0.05) is 0 Å². The first-order valence-corrected chi connectivity index (χ1v) is 11.6. The molecule has 1 aliphatic rings. The van der Waals surface area contributed by atoms with Gasteiger partial charge < -0.3 is 20.1 Å². The van der Waals surface area contributed by atoms with Crippen LogP contribution in [0, 0.1) is 5.82 Å². The van der Waals surface area contributed by atoms with Crippen molar-refractivity contribution in [2.24, 2.45) is 0 Å². The minimum atomic E-state index is -0.760. The van der Waals surface area contributed by atoms with E-state index in [2.05, 4.69) is 26.6 Å². The number of halogens is 2. The van der Waals surface area contributed by atoms with Gasteiger partial charge in [-0.1, -0.05) is 42.5 Å². The van der Waals surface area contributed by atoms with E-state index in [1.807, 2.05) is 30.3 Å². The first-order chi connectivity index (χ1) is 17.4. The number of anilines is 1. The molecule has 36 heavy (non-hydrogen) atoms. The van der Waals surface area contributed by atoms with Crippen molar-refractivity contribution in [1.29, 1.82) is 0 Å². The number of hydrogen-bond acceptors (Lipinski definition) is 5. The van der Waals surface area contributed by atoms with E-state index in [-0.39, 0.29) is 11.4 Å². The molecule has 184 valence electrons. The first kappa shape index (κ1) is 24.9. The van der Waals surface area contributed by atoms with E-state index in [1.165, 1.54) is 31.4 Å². The molecule has 3 aromatic carbocycles. The zero-order valence-electron chi connectivity index (χ0n) is 19.1. The van der Waals surface area contributed by atoms with Gasteiger partial charge in [-0.2, -0.15) is 0 Å². The van der Waals surface area contributed by atoms with Crippen LogP contribution in [0.1, 0.15) is 11.1 Å². The lowest BCUT2D eigenvalue weighted by Gasteiger charge is -2.14. The average Bonchev–Trinajstić information content (AvgIpc) is 3.12. The van der Waals surface area contributed by atoms with Crippen LogP contribution in [-0.2, 0) is 16.2 Å². The number of para-hydroxylation sites is 1. The average molecular weight is 554 g/mol. The number of carbonyl (C=O) groups is 3. The molecule has 3 aromatic rings. The van der Waals surface area contributed by atoms with Crippen LogP contribution in [0.4, 0.5) is 14.9 Å². The summed E-state index contributed by atoms with van der Waals surface area (Å²) in [6.45, 7) is -0.246. The van der Waals surface area contributed by atoms with Crippen molar-refractivity contribution in [3.05, 3.63) is 93.8 Å². The first-order valence-electron chi connectivity index (χ1n) is 10.8. The maximum atomic E-state index is 13.8. The van der Waals surface area contributed by atoms with E-state index in [4.69, 9.17) is 9.47 Å². The summed E-state index contributed by atoms with van der Waals surface area (Å²) < 4.78 is 25.7. The van der Waals surface area contributed by atoms with E-state index in [1.54, 1.807) is 18.2 Å². The van der Waals surface area contributed by atoms with E-state index in [9.17, 15) is 18.8 Å². The zero-order chi connectivity index (χ0) is 25.7. The molecule has 4 rings (SSSR count). The normalized spacial score (nSPS) is 14.1. The highest BCUT2D eigenvalue weighted by molar-refractivity contribution is 9.10. The molecule has 0 saturated carbocycles. The Morgan fingerprint density at radius 1 is 1.11 bits per heavy atom. The largest absolute Gasteiger partial charge is 0.493 e. The van der Waals surface area contributed by atoms with Gasteiger partial charge >= 0.3 is 6.03 Å². The van der Waals surface area contributed by atoms with E-state index >= 15 is 0 Å². The molecule has 1 fully saturated rings. The molecular weight excluding hydrogens is 533 g/mol. The van der Waals surface area contributed by atoms with Gasteiger partial charge in [0.25, 0.3) is 5.91 Å². The minimum Gasteiger partial charge on any atom is -0.493 e. The molecule has 0 unspecified atom stereocenters. The minimum absolute atomic E-state index is 0.0226. The second kappa shape index (κ2) is 11.0. The van der Waals surface area contributed by atoms with E-state index < -0.39 is 30.2 Å². The predicted octanol–water partition coefficient (Wildman–Crippen LogP) is 4.71. The maximum absolute atomic E-state index is 13.8. The van der Waals surface area contributed by atoms with Crippen molar-refractivity contribution in [3.8, 4) is 11.5 Å². The number of imide groups is 1. The maximum Gasteiger partial charge on any atom is 0.329 e. The second-order valence-electron chi connectivity index (χ2n) is 7.72. The number of methoxy groups -OCH3 is 1. The van der Waals surface area contributed by atoms with Crippen molar-refractivity contribution in [2.45, 2.75) is 6.61 Å². The molecule has 2 N–H and O–H groups in total. The number of carbonyl (C=O) groups excluding carboxylic acids is 3. The van der Waals surface area contributed by atoms with Crippen LogP contribution in [-0.4, -0.2) is 36.4 Å². The molecule has 1 aliphatic heterocycles. The quantitative estimate of drug-likeness (QED) is 0.311. The fourth-order valence-corrected chi connectivity index (χ4v) is 4.04. The Bertz CT molecular complexity index is 1350. The monoisotopic (exact) mass is 553 g/mol. The highest BCUT2D eigenvalue weighted by Crippen LogP contribution is 2.38.